The molecule has 19 heavy (non-hydrogen) atoms. The molecule has 0 aliphatic carbocycles. The molecule has 0 radical (unpaired) electrons. The number of benzene rings is 1. The number of nitrogens with zero attached hydrogens (tertiary/aromatic N) is 1. The van der Waals surface area contributed by atoms with Crippen molar-refractivity contribution < 1.29 is 18.7 Å². The van der Waals surface area contributed by atoms with Gasteiger partial charge in [0.1, 0.15) is 19.0 Å². The van der Waals surface area contributed by atoms with Crippen LogP contribution in [0.2, 0.25) is 0 Å². The average Bonchev–Trinajstić information content (AvgIpc) is 2.98. The van der Waals surface area contributed by atoms with E-state index in [4.69, 9.17) is 19.2 Å². The molecule has 1 aromatic carbocycles. The Morgan fingerprint density at radius 1 is 1.21 bits per heavy atom. The highest BCUT2D eigenvalue weighted by atomic mass is 16.6. The molecule has 0 atom stereocenters. The van der Waals surface area contributed by atoms with Crippen LogP contribution < -0.4 is 4.74 Å². The molecule has 0 saturated carbocycles. The van der Waals surface area contributed by atoms with Gasteiger partial charge in [0, 0.05) is 0 Å². The van der Waals surface area contributed by atoms with Gasteiger partial charge in [0.15, 0.2) is 0 Å². The Hall–Kier alpha value is -2.74. The van der Waals surface area contributed by atoms with Gasteiger partial charge in [0.2, 0.25) is 5.76 Å². The van der Waals surface area contributed by atoms with Gasteiger partial charge in [-0.2, -0.15) is 5.26 Å². The van der Waals surface area contributed by atoms with Crippen LogP contribution in [0.25, 0.3) is 0 Å². The van der Waals surface area contributed by atoms with E-state index in [1.54, 1.807) is 30.3 Å². The molecular weight excluding hydrogens is 246 g/mol. The van der Waals surface area contributed by atoms with Gasteiger partial charge in [-0.25, -0.2) is 4.79 Å². The van der Waals surface area contributed by atoms with Gasteiger partial charge in [0.25, 0.3) is 0 Å². The van der Waals surface area contributed by atoms with Crippen LogP contribution in [-0.2, 0) is 4.74 Å². The molecule has 2 rings (SSSR count). The van der Waals surface area contributed by atoms with Gasteiger partial charge in [-0.3, -0.25) is 0 Å². The predicted octanol–water partition coefficient (Wildman–Crippen LogP) is 2.39. The second-order valence-corrected chi connectivity index (χ2v) is 3.60. The summed E-state index contributed by atoms with van der Waals surface area (Å²) in [7, 11) is 0. The second-order valence-electron chi connectivity index (χ2n) is 3.60. The van der Waals surface area contributed by atoms with Crippen molar-refractivity contribution in [2.75, 3.05) is 13.2 Å². The Morgan fingerprint density at radius 3 is 2.63 bits per heavy atom. The highest BCUT2D eigenvalue weighted by Crippen LogP contribution is 2.11. The predicted molar refractivity (Wildman–Crippen MR) is 65.6 cm³/mol. The zero-order valence-corrected chi connectivity index (χ0v) is 10.0. The van der Waals surface area contributed by atoms with E-state index >= 15 is 0 Å². The highest BCUT2D eigenvalue weighted by molar-refractivity contribution is 5.86. The number of ether oxygens (including phenoxy) is 2. The van der Waals surface area contributed by atoms with E-state index in [-0.39, 0.29) is 19.0 Å². The first-order valence-corrected chi connectivity index (χ1v) is 5.63. The van der Waals surface area contributed by atoms with Crippen molar-refractivity contribution in [1.29, 1.82) is 5.26 Å². The van der Waals surface area contributed by atoms with Crippen LogP contribution >= 0.6 is 0 Å². The smallest absolute Gasteiger partial charge is 0.374 e. The lowest BCUT2D eigenvalue weighted by molar-refractivity contribution is 0.0415. The Kier molecular flexibility index (Phi) is 4.19. The molecule has 0 aliphatic rings. The summed E-state index contributed by atoms with van der Waals surface area (Å²) >= 11 is 0. The monoisotopic (exact) mass is 257 g/mol. The Morgan fingerprint density at radius 2 is 2.00 bits per heavy atom. The molecule has 96 valence electrons. The molecule has 0 spiro atoms. The SMILES string of the molecule is N#Cc1ccc(OCCOC(=O)c2ccco2)cc1. The molecule has 2 aromatic rings. The lowest BCUT2D eigenvalue weighted by Gasteiger charge is -2.06. The zero-order chi connectivity index (χ0) is 13.5. The minimum absolute atomic E-state index is 0.125. The number of furan rings is 1. The number of hydrogen-bond donors (Lipinski definition) is 0. The molecule has 0 unspecified atom stereocenters. The van der Waals surface area contributed by atoms with Crippen molar-refractivity contribution in [3.05, 3.63) is 54.0 Å². The summed E-state index contributed by atoms with van der Waals surface area (Å²) in [6, 6.07) is 11.9. The third kappa shape index (κ3) is 3.61. The molecule has 0 bridgehead atoms. The Labute approximate surface area is 110 Å². The summed E-state index contributed by atoms with van der Waals surface area (Å²) in [4.78, 5) is 11.4. The van der Waals surface area contributed by atoms with Crippen molar-refractivity contribution in [2.24, 2.45) is 0 Å². The first-order chi connectivity index (χ1) is 9.29. The van der Waals surface area contributed by atoms with E-state index < -0.39 is 5.97 Å². The summed E-state index contributed by atoms with van der Waals surface area (Å²) in [6.07, 6.45) is 1.41. The van der Waals surface area contributed by atoms with E-state index in [1.165, 1.54) is 12.3 Å². The van der Waals surface area contributed by atoms with E-state index in [1.807, 2.05) is 6.07 Å². The maximum Gasteiger partial charge on any atom is 0.374 e. The number of carbonyl (C=O) groups is 1. The second kappa shape index (κ2) is 6.26. The first kappa shape index (κ1) is 12.7. The molecule has 0 N–H and O–H groups in total. The van der Waals surface area contributed by atoms with E-state index in [2.05, 4.69) is 0 Å². The van der Waals surface area contributed by atoms with Crippen molar-refractivity contribution in [1.82, 2.24) is 0 Å². The normalized spacial score (nSPS) is 9.63. The minimum atomic E-state index is -0.520. The van der Waals surface area contributed by atoms with Gasteiger partial charge in [0.05, 0.1) is 17.9 Å². The van der Waals surface area contributed by atoms with Gasteiger partial charge in [-0.15, -0.1) is 0 Å². The highest BCUT2D eigenvalue weighted by Gasteiger charge is 2.09. The molecule has 1 aromatic heterocycles. The zero-order valence-electron chi connectivity index (χ0n) is 10.0. The molecule has 0 saturated heterocycles. The van der Waals surface area contributed by atoms with E-state index in [0.717, 1.165) is 0 Å². The molecule has 1 heterocycles. The number of rotatable bonds is 5. The summed E-state index contributed by atoms with van der Waals surface area (Å²) < 4.78 is 15.2. The molecular formula is C14H11NO4. The van der Waals surface area contributed by atoms with Gasteiger partial charge >= 0.3 is 5.97 Å². The quantitative estimate of drug-likeness (QED) is 0.607. The van der Waals surface area contributed by atoms with Crippen LogP contribution in [0.5, 0.6) is 5.75 Å². The molecule has 5 nitrogen and oxygen atoms in total. The van der Waals surface area contributed by atoms with Gasteiger partial charge in [-0.1, -0.05) is 0 Å². The maximum atomic E-state index is 11.4. The average molecular weight is 257 g/mol. The van der Waals surface area contributed by atoms with E-state index in [9.17, 15) is 4.79 Å². The van der Waals surface area contributed by atoms with E-state index in [0.29, 0.717) is 11.3 Å². The lowest BCUT2D eigenvalue weighted by Crippen LogP contribution is -2.11. The molecule has 0 fully saturated rings. The maximum absolute atomic E-state index is 11.4. The minimum Gasteiger partial charge on any atom is -0.490 e. The first-order valence-electron chi connectivity index (χ1n) is 5.63. The summed E-state index contributed by atoms with van der Waals surface area (Å²) in [5.41, 5.74) is 0.566. The van der Waals surface area contributed by atoms with Gasteiger partial charge in [-0.05, 0) is 36.4 Å². The van der Waals surface area contributed by atoms with Crippen molar-refractivity contribution >= 4 is 5.97 Å². The van der Waals surface area contributed by atoms with Crippen LogP contribution in [0, 0.1) is 11.3 Å². The Bertz CT molecular complexity index is 566. The standard InChI is InChI=1S/C14H11NO4/c15-10-11-3-5-12(6-4-11)17-8-9-19-14(16)13-2-1-7-18-13/h1-7H,8-9H2. The lowest BCUT2D eigenvalue weighted by atomic mass is 10.2. The van der Waals surface area contributed by atoms with Crippen molar-refractivity contribution in [3.63, 3.8) is 0 Å². The number of esters is 1. The van der Waals surface area contributed by atoms with Crippen LogP contribution in [0.3, 0.4) is 0 Å². The van der Waals surface area contributed by atoms with Crippen LogP contribution in [0.1, 0.15) is 16.1 Å². The summed E-state index contributed by atoms with van der Waals surface area (Å²) in [5, 5.41) is 8.64. The fraction of sp³-hybridized carbons (Fsp3) is 0.143. The summed E-state index contributed by atoms with van der Waals surface area (Å²) in [6.45, 7) is 0.359. The molecule has 5 heteroatoms. The van der Waals surface area contributed by atoms with Crippen LogP contribution in [-0.4, -0.2) is 19.2 Å². The third-order valence-corrected chi connectivity index (χ3v) is 2.29. The Balaban J connectivity index is 1.72. The molecule has 0 aliphatic heterocycles. The fourth-order valence-electron chi connectivity index (χ4n) is 1.39. The number of nitriles is 1. The van der Waals surface area contributed by atoms with Crippen molar-refractivity contribution in [3.8, 4) is 11.8 Å². The van der Waals surface area contributed by atoms with Gasteiger partial charge < -0.3 is 13.9 Å². The summed E-state index contributed by atoms with van der Waals surface area (Å²) in [5.74, 6) is 0.264. The van der Waals surface area contributed by atoms with Crippen LogP contribution in [0.4, 0.5) is 0 Å². The topological polar surface area (TPSA) is 72.5 Å². The third-order valence-electron chi connectivity index (χ3n) is 2.29. The van der Waals surface area contributed by atoms with Crippen LogP contribution in [0.15, 0.2) is 47.1 Å². The fourth-order valence-corrected chi connectivity index (χ4v) is 1.39. The number of hydrogen-bond acceptors (Lipinski definition) is 5. The largest absolute Gasteiger partial charge is 0.490 e. The number of carbonyl (C=O) groups excluding carboxylic acids is 1. The van der Waals surface area contributed by atoms with Crippen molar-refractivity contribution in [2.45, 2.75) is 0 Å². The molecule has 0 amide bonds.